The molecule has 0 amide bonds. The SMILES string of the molecule is CCOC(=O)c1cc(Cl)cc(OCCF)c1. The Bertz CT molecular complexity index is 368. The van der Waals surface area contributed by atoms with Crippen molar-refractivity contribution in [3.63, 3.8) is 0 Å². The molecule has 1 aromatic rings. The van der Waals surface area contributed by atoms with Crippen LogP contribution in [0.25, 0.3) is 0 Å². The van der Waals surface area contributed by atoms with Gasteiger partial charge in [-0.3, -0.25) is 0 Å². The Morgan fingerprint density at radius 2 is 2.19 bits per heavy atom. The molecule has 0 spiro atoms. The maximum absolute atomic E-state index is 11.9. The van der Waals surface area contributed by atoms with Gasteiger partial charge in [0.1, 0.15) is 19.0 Å². The molecule has 88 valence electrons. The van der Waals surface area contributed by atoms with Gasteiger partial charge in [0.05, 0.1) is 12.2 Å². The van der Waals surface area contributed by atoms with E-state index in [1.54, 1.807) is 6.92 Å². The number of benzene rings is 1. The molecule has 1 rings (SSSR count). The van der Waals surface area contributed by atoms with Gasteiger partial charge in [0.2, 0.25) is 0 Å². The van der Waals surface area contributed by atoms with Gasteiger partial charge in [-0.05, 0) is 25.1 Å². The molecule has 0 atom stereocenters. The van der Waals surface area contributed by atoms with E-state index >= 15 is 0 Å². The Hall–Kier alpha value is -1.29. The molecule has 0 unspecified atom stereocenters. The summed E-state index contributed by atoms with van der Waals surface area (Å²) in [6.45, 7) is 1.33. The summed E-state index contributed by atoms with van der Waals surface area (Å²) in [4.78, 5) is 11.4. The first kappa shape index (κ1) is 12.8. The molecule has 16 heavy (non-hydrogen) atoms. The summed E-state index contributed by atoms with van der Waals surface area (Å²) < 4.78 is 21.8. The lowest BCUT2D eigenvalue weighted by Crippen LogP contribution is -2.06. The van der Waals surface area contributed by atoms with Gasteiger partial charge in [0.15, 0.2) is 0 Å². The van der Waals surface area contributed by atoms with E-state index < -0.39 is 12.6 Å². The minimum Gasteiger partial charge on any atom is -0.491 e. The van der Waals surface area contributed by atoms with Crippen molar-refractivity contribution in [2.24, 2.45) is 0 Å². The van der Waals surface area contributed by atoms with Crippen LogP contribution in [0.1, 0.15) is 17.3 Å². The van der Waals surface area contributed by atoms with Crippen LogP contribution in [-0.4, -0.2) is 25.9 Å². The van der Waals surface area contributed by atoms with Crippen molar-refractivity contribution in [1.29, 1.82) is 0 Å². The largest absolute Gasteiger partial charge is 0.491 e. The van der Waals surface area contributed by atoms with E-state index in [9.17, 15) is 9.18 Å². The highest BCUT2D eigenvalue weighted by Gasteiger charge is 2.09. The minimum absolute atomic E-state index is 0.0669. The third kappa shape index (κ3) is 3.70. The smallest absolute Gasteiger partial charge is 0.338 e. The van der Waals surface area contributed by atoms with Crippen molar-refractivity contribution in [2.75, 3.05) is 19.9 Å². The summed E-state index contributed by atoms with van der Waals surface area (Å²) in [6.07, 6.45) is 0. The zero-order chi connectivity index (χ0) is 12.0. The predicted octanol–water partition coefficient (Wildman–Crippen LogP) is 2.87. The van der Waals surface area contributed by atoms with Crippen LogP contribution in [0.15, 0.2) is 18.2 Å². The molecular formula is C11H12ClFO3. The average molecular weight is 247 g/mol. The number of esters is 1. The highest BCUT2D eigenvalue weighted by atomic mass is 35.5. The summed E-state index contributed by atoms with van der Waals surface area (Å²) in [5.74, 6) is -0.122. The van der Waals surface area contributed by atoms with E-state index in [-0.39, 0.29) is 13.2 Å². The number of ether oxygens (including phenoxy) is 2. The molecule has 0 radical (unpaired) electrons. The maximum atomic E-state index is 11.9. The fourth-order valence-corrected chi connectivity index (χ4v) is 1.36. The van der Waals surface area contributed by atoms with Gasteiger partial charge in [-0.2, -0.15) is 0 Å². The van der Waals surface area contributed by atoms with E-state index in [0.717, 1.165) is 0 Å². The second-order valence-electron chi connectivity index (χ2n) is 2.93. The van der Waals surface area contributed by atoms with E-state index in [0.29, 0.717) is 16.3 Å². The molecule has 5 heteroatoms. The highest BCUT2D eigenvalue weighted by Crippen LogP contribution is 2.21. The number of hydrogen-bond donors (Lipinski definition) is 0. The molecule has 0 bridgehead atoms. The van der Waals surface area contributed by atoms with E-state index in [1.165, 1.54) is 18.2 Å². The standard InChI is InChI=1S/C11H12ClFO3/c1-2-15-11(14)8-5-9(12)7-10(6-8)16-4-3-13/h5-7H,2-4H2,1H3. The molecule has 0 N–H and O–H groups in total. The normalized spacial score (nSPS) is 9.94. The first-order valence-electron chi connectivity index (χ1n) is 4.84. The van der Waals surface area contributed by atoms with Crippen molar-refractivity contribution >= 4 is 17.6 Å². The number of rotatable bonds is 5. The van der Waals surface area contributed by atoms with Crippen LogP contribution < -0.4 is 4.74 Å². The Morgan fingerprint density at radius 3 is 2.81 bits per heavy atom. The van der Waals surface area contributed by atoms with Crippen LogP contribution in [0.2, 0.25) is 5.02 Å². The zero-order valence-electron chi connectivity index (χ0n) is 8.83. The Labute approximate surface area is 98.1 Å². The summed E-state index contributed by atoms with van der Waals surface area (Å²) in [6, 6.07) is 4.46. The summed E-state index contributed by atoms with van der Waals surface area (Å²) in [7, 11) is 0. The second kappa shape index (κ2) is 6.33. The quantitative estimate of drug-likeness (QED) is 0.750. The van der Waals surface area contributed by atoms with Crippen molar-refractivity contribution < 1.29 is 18.7 Å². The van der Waals surface area contributed by atoms with Crippen molar-refractivity contribution in [1.82, 2.24) is 0 Å². The van der Waals surface area contributed by atoms with Gasteiger partial charge >= 0.3 is 5.97 Å². The maximum Gasteiger partial charge on any atom is 0.338 e. The molecule has 0 aliphatic heterocycles. The van der Waals surface area contributed by atoms with Crippen LogP contribution in [0.4, 0.5) is 4.39 Å². The van der Waals surface area contributed by atoms with Gasteiger partial charge in [0, 0.05) is 5.02 Å². The molecule has 3 nitrogen and oxygen atoms in total. The minimum atomic E-state index is -0.596. The molecule has 1 aromatic carbocycles. The topological polar surface area (TPSA) is 35.5 Å². The Balaban J connectivity index is 2.84. The molecule has 0 aromatic heterocycles. The lowest BCUT2D eigenvalue weighted by atomic mass is 10.2. The van der Waals surface area contributed by atoms with Crippen LogP contribution in [0.5, 0.6) is 5.75 Å². The Kier molecular flexibility index (Phi) is 5.05. The first-order valence-corrected chi connectivity index (χ1v) is 5.21. The molecular weight excluding hydrogens is 235 g/mol. The summed E-state index contributed by atoms with van der Waals surface area (Å²) in [5, 5.41) is 0.347. The molecule has 0 fully saturated rings. The van der Waals surface area contributed by atoms with Crippen molar-refractivity contribution in [2.45, 2.75) is 6.92 Å². The van der Waals surface area contributed by atoms with Crippen LogP contribution in [0.3, 0.4) is 0 Å². The number of halogens is 2. The first-order chi connectivity index (χ1) is 7.67. The third-order valence-electron chi connectivity index (χ3n) is 1.73. The van der Waals surface area contributed by atoms with E-state index in [2.05, 4.69) is 0 Å². The lowest BCUT2D eigenvalue weighted by molar-refractivity contribution is 0.0526. The van der Waals surface area contributed by atoms with Gasteiger partial charge in [-0.1, -0.05) is 11.6 Å². The third-order valence-corrected chi connectivity index (χ3v) is 1.95. The Morgan fingerprint density at radius 1 is 1.44 bits per heavy atom. The molecule has 0 saturated heterocycles. The van der Waals surface area contributed by atoms with Gasteiger partial charge in [0.25, 0.3) is 0 Å². The predicted molar refractivity (Wildman–Crippen MR) is 58.9 cm³/mol. The van der Waals surface area contributed by atoms with Crippen LogP contribution >= 0.6 is 11.6 Å². The molecule has 0 heterocycles. The fraction of sp³-hybridized carbons (Fsp3) is 0.364. The van der Waals surface area contributed by atoms with Gasteiger partial charge in [-0.15, -0.1) is 0 Å². The fourth-order valence-electron chi connectivity index (χ4n) is 1.13. The number of carbonyl (C=O) groups is 1. The summed E-state index contributed by atoms with van der Waals surface area (Å²) >= 11 is 5.79. The molecule has 0 aliphatic rings. The number of carbonyl (C=O) groups excluding carboxylic acids is 1. The van der Waals surface area contributed by atoms with Crippen LogP contribution in [0, 0.1) is 0 Å². The van der Waals surface area contributed by atoms with Crippen LogP contribution in [-0.2, 0) is 4.74 Å². The average Bonchev–Trinajstić information content (AvgIpc) is 2.26. The number of hydrogen-bond acceptors (Lipinski definition) is 3. The highest BCUT2D eigenvalue weighted by molar-refractivity contribution is 6.31. The zero-order valence-corrected chi connectivity index (χ0v) is 9.59. The van der Waals surface area contributed by atoms with Crippen molar-refractivity contribution in [3.8, 4) is 5.75 Å². The lowest BCUT2D eigenvalue weighted by Gasteiger charge is -2.07. The molecule has 0 saturated carbocycles. The van der Waals surface area contributed by atoms with Crippen molar-refractivity contribution in [3.05, 3.63) is 28.8 Å². The van der Waals surface area contributed by atoms with E-state index in [4.69, 9.17) is 21.1 Å². The van der Waals surface area contributed by atoms with Gasteiger partial charge < -0.3 is 9.47 Å². The summed E-state index contributed by atoms with van der Waals surface area (Å²) in [5.41, 5.74) is 0.295. The number of alkyl halides is 1. The second-order valence-corrected chi connectivity index (χ2v) is 3.37. The monoisotopic (exact) mass is 246 g/mol. The van der Waals surface area contributed by atoms with E-state index in [1.807, 2.05) is 0 Å². The van der Waals surface area contributed by atoms with Gasteiger partial charge in [-0.25, -0.2) is 9.18 Å². The molecule has 0 aliphatic carbocycles.